The first-order valence-corrected chi connectivity index (χ1v) is 8.53. The highest BCUT2D eigenvalue weighted by Crippen LogP contribution is 2.38. The number of pyridine rings is 1. The summed E-state index contributed by atoms with van der Waals surface area (Å²) in [6, 6.07) is 4.14. The van der Waals surface area contributed by atoms with E-state index < -0.39 is 0 Å². The second-order valence-electron chi connectivity index (χ2n) is 7.15. The topological polar surface area (TPSA) is 36.4 Å². The van der Waals surface area contributed by atoms with E-state index in [1.807, 2.05) is 32.3 Å². The van der Waals surface area contributed by atoms with Gasteiger partial charge in [-0.15, -0.1) is 0 Å². The van der Waals surface area contributed by atoms with Crippen molar-refractivity contribution in [2.45, 2.75) is 51.6 Å². The van der Waals surface area contributed by atoms with E-state index in [0.717, 1.165) is 45.4 Å². The molecule has 4 heteroatoms. The first-order chi connectivity index (χ1) is 10.6. The summed E-state index contributed by atoms with van der Waals surface area (Å²) in [7, 11) is 0. The van der Waals surface area contributed by atoms with Crippen molar-refractivity contribution in [3.63, 3.8) is 0 Å². The van der Waals surface area contributed by atoms with Crippen molar-refractivity contribution < 1.29 is 4.79 Å². The summed E-state index contributed by atoms with van der Waals surface area (Å²) in [5.41, 5.74) is 1.35. The lowest BCUT2D eigenvalue weighted by atomic mass is 9.85. The number of hydrogen-bond donors (Lipinski definition) is 0. The Labute approximate surface area is 133 Å². The van der Waals surface area contributed by atoms with Gasteiger partial charge in [0.1, 0.15) is 0 Å². The molecular formula is C18H27N3O. The van der Waals surface area contributed by atoms with Gasteiger partial charge in [-0.3, -0.25) is 14.7 Å². The number of amides is 1. The Morgan fingerprint density at radius 3 is 2.77 bits per heavy atom. The van der Waals surface area contributed by atoms with Crippen LogP contribution in [0.15, 0.2) is 24.5 Å². The summed E-state index contributed by atoms with van der Waals surface area (Å²) in [4.78, 5) is 21.5. The van der Waals surface area contributed by atoms with Gasteiger partial charge in [-0.05, 0) is 43.9 Å². The zero-order valence-electron chi connectivity index (χ0n) is 13.8. The van der Waals surface area contributed by atoms with E-state index in [1.165, 1.54) is 12.0 Å². The number of rotatable bonds is 3. The van der Waals surface area contributed by atoms with Gasteiger partial charge in [-0.1, -0.05) is 19.9 Å². The maximum Gasteiger partial charge on any atom is 0.225 e. The van der Waals surface area contributed by atoms with Crippen LogP contribution in [-0.4, -0.2) is 45.9 Å². The van der Waals surface area contributed by atoms with Crippen molar-refractivity contribution in [3.8, 4) is 0 Å². The summed E-state index contributed by atoms with van der Waals surface area (Å²) >= 11 is 0. The first-order valence-electron chi connectivity index (χ1n) is 8.53. The van der Waals surface area contributed by atoms with Gasteiger partial charge in [0.2, 0.25) is 5.91 Å². The van der Waals surface area contributed by atoms with E-state index in [-0.39, 0.29) is 11.5 Å². The molecule has 1 aromatic rings. The minimum absolute atomic E-state index is 0.0851. The summed E-state index contributed by atoms with van der Waals surface area (Å²) < 4.78 is 0. The molecule has 0 radical (unpaired) electrons. The third-order valence-electron chi connectivity index (χ3n) is 5.12. The lowest BCUT2D eigenvalue weighted by molar-refractivity contribution is -0.140. The van der Waals surface area contributed by atoms with Crippen molar-refractivity contribution in [2.24, 2.45) is 5.92 Å². The Bertz CT molecular complexity index is 516. The molecule has 0 N–H and O–H groups in total. The maximum atomic E-state index is 12.6. The molecule has 1 aromatic heterocycles. The first kappa shape index (κ1) is 15.5. The van der Waals surface area contributed by atoms with Gasteiger partial charge in [0.05, 0.1) is 5.54 Å². The molecule has 2 aliphatic rings. The zero-order valence-corrected chi connectivity index (χ0v) is 13.8. The smallest absolute Gasteiger partial charge is 0.225 e. The van der Waals surface area contributed by atoms with E-state index in [2.05, 4.69) is 20.9 Å². The van der Waals surface area contributed by atoms with Gasteiger partial charge in [0.15, 0.2) is 0 Å². The van der Waals surface area contributed by atoms with Crippen LogP contribution in [0.2, 0.25) is 0 Å². The molecule has 2 saturated heterocycles. The molecule has 3 heterocycles. The molecule has 1 atom stereocenters. The summed E-state index contributed by atoms with van der Waals surface area (Å²) in [5, 5.41) is 0. The quantitative estimate of drug-likeness (QED) is 0.861. The fraction of sp³-hybridized carbons (Fsp3) is 0.667. The van der Waals surface area contributed by atoms with Gasteiger partial charge in [-0.2, -0.15) is 0 Å². The molecule has 120 valence electrons. The van der Waals surface area contributed by atoms with Crippen LogP contribution in [-0.2, 0) is 11.3 Å². The monoisotopic (exact) mass is 301 g/mol. The van der Waals surface area contributed by atoms with Crippen molar-refractivity contribution in [3.05, 3.63) is 30.1 Å². The van der Waals surface area contributed by atoms with E-state index in [0.29, 0.717) is 5.91 Å². The molecule has 1 amide bonds. The highest BCUT2D eigenvalue weighted by Gasteiger charge is 2.46. The Morgan fingerprint density at radius 2 is 2.09 bits per heavy atom. The Morgan fingerprint density at radius 1 is 1.32 bits per heavy atom. The Hall–Kier alpha value is -1.42. The minimum Gasteiger partial charge on any atom is -0.336 e. The average Bonchev–Trinajstić information content (AvgIpc) is 2.90. The van der Waals surface area contributed by atoms with E-state index in [1.54, 1.807) is 0 Å². The van der Waals surface area contributed by atoms with Gasteiger partial charge in [0.25, 0.3) is 0 Å². The van der Waals surface area contributed by atoms with Gasteiger partial charge >= 0.3 is 0 Å². The van der Waals surface area contributed by atoms with E-state index >= 15 is 0 Å². The molecule has 2 aliphatic heterocycles. The summed E-state index contributed by atoms with van der Waals surface area (Å²) in [6.45, 7) is 8.06. The van der Waals surface area contributed by atoms with Gasteiger partial charge < -0.3 is 4.90 Å². The SMILES string of the molecule is CC(C)C(=O)N1CCC[C@@]12CCCN(Cc1cccnc1)C2. The molecule has 0 bridgehead atoms. The van der Waals surface area contributed by atoms with Crippen LogP contribution in [0.5, 0.6) is 0 Å². The standard InChI is InChI=1S/C18H27N3O/c1-15(2)17(22)21-11-5-8-18(21)7-4-10-20(14-18)13-16-6-3-9-19-12-16/h3,6,9,12,15H,4-5,7-8,10-11,13-14H2,1-2H3/t18-/m1/s1. The molecular weight excluding hydrogens is 274 g/mol. The Kier molecular flexibility index (Phi) is 4.48. The van der Waals surface area contributed by atoms with E-state index in [9.17, 15) is 4.79 Å². The molecule has 2 fully saturated rings. The number of hydrogen-bond acceptors (Lipinski definition) is 3. The van der Waals surface area contributed by atoms with Crippen LogP contribution in [0.4, 0.5) is 0 Å². The normalized spacial score (nSPS) is 26.0. The number of carbonyl (C=O) groups is 1. The van der Waals surface area contributed by atoms with Crippen LogP contribution in [0.3, 0.4) is 0 Å². The van der Waals surface area contributed by atoms with Crippen molar-refractivity contribution in [1.29, 1.82) is 0 Å². The number of piperidine rings is 1. The molecule has 0 saturated carbocycles. The maximum absolute atomic E-state index is 12.6. The molecule has 0 unspecified atom stereocenters. The van der Waals surface area contributed by atoms with Crippen LogP contribution < -0.4 is 0 Å². The second-order valence-corrected chi connectivity index (χ2v) is 7.15. The highest BCUT2D eigenvalue weighted by molar-refractivity contribution is 5.79. The molecule has 22 heavy (non-hydrogen) atoms. The largest absolute Gasteiger partial charge is 0.336 e. The second kappa shape index (κ2) is 6.37. The lowest BCUT2D eigenvalue weighted by Crippen LogP contribution is -2.57. The molecule has 4 nitrogen and oxygen atoms in total. The minimum atomic E-state index is 0.0851. The predicted octanol–water partition coefficient (Wildman–Crippen LogP) is 2.69. The highest BCUT2D eigenvalue weighted by atomic mass is 16.2. The molecule has 1 spiro atoms. The fourth-order valence-electron chi connectivity index (χ4n) is 4.11. The summed E-state index contributed by atoms with van der Waals surface area (Å²) in [6.07, 6.45) is 8.43. The van der Waals surface area contributed by atoms with Gasteiger partial charge in [0, 0.05) is 37.9 Å². The third-order valence-corrected chi connectivity index (χ3v) is 5.12. The van der Waals surface area contributed by atoms with Crippen molar-refractivity contribution in [1.82, 2.24) is 14.8 Å². The number of likely N-dealkylation sites (tertiary alicyclic amines) is 2. The Balaban J connectivity index is 1.72. The van der Waals surface area contributed by atoms with Crippen LogP contribution in [0, 0.1) is 5.92 Å². The third kappa shape index (κ3) is 3.02. The van der Waals surface area contributed by atoms with Gasteiger partial charge in [-0.25, -0.2) is 0 Å². The molecule has 0 aliphatic carbocycles. The number of aromatic nitrogens is 1. The fourth-order valence-corrected chi connectivity index (χ4v) is 4.11. The predicted molar refractivity (Wildman–Crippen MR) is 87.3 cm³/mol. The average molecular weight is 301 g/mol. The molecule has 0 aromatic carbocycles. The molecule has 3 rings (SSSR count). The van der Waals surface area contributed by atoms with Crippen LogP contribution in [0.1, 0.15) is 45.1 Å². The van der Waals surface area contributed by atoms with Crippen molar-refractivity contribution >= 4 is 5.91 Å². The zero-order chi connectivity index (χ0) is 15.6. The van der Waals surface area contributed by atoms with Crippen LogP contribution >= 0.6 is 0 Å². The number of carbonyl (C=O) groups excluding carboxylic acids is 1. The van der Waals surface area contributed by atoms with Crippen LogP contribution in [0.25, 0.3) is 0 Å². The van der Waals surface area contributed by atoms with E-state index in [4.69, 9.17) is 0 Å². The van der Waals surface area contributed by atoms with Crippen molar-refractivity contribution in [2.75, 3.05) is 19.6 Å². The lowest BCUT2D eigenvalue weighted by Gasteiger charge is -2.46. The number of nitrogens with zero attached hydrogens (tertiary/aromatic N) is 3. The summed E-state index contributed by atoms with van der Waals surface area (Å²) in [5.74, 6) is 0.435.